The fourth-order valence-electron chi connectivity index (χ4n) is 2.55. The summed E-state index contributed by atoms with van der Waals surface area (Å²) >= 11 is 5.66. The Hall–Kier alpha value is -1.13. The van der Waals surface area contributed by atoms with E-state index in [0.717, 1.165) is 18.9 Å². The van der Waals surface area contributed by atoms with E-state index in [-0.39, 0.29) is 22.9 Å². The average Bonchev–Trinajstić information content (AvgIpc) is 2.43. The van der Waals surface area contributed by atoms with Crippen molar-refractivity contribution in [1.82, 2.24) is 5.32 Å². The lowest BCUT2D eigenvalue weighted by atomic mass is 9.71. The third-order valence-electron chi connectivity index (χ3n) is 4.29. The fourth-order valence-corrected chi connectivity index (χ4v) is 2.73. The van der Waals surface area contributed by atoms with Crippen molar-refractivity contribution in [2.75, 3.05) is 6.54 Å². The molecule has 0 unspecified atom stereocenters. The zero-order valence-electron chi connectivity index (χ0n) is 12.4. The maximum absolute atomic E-state index is 13.1. The summed E-state index contributed by atoms with van der Waals surface area (Å²) in [5.74, 6) is -0.906. The van der Waals surface area contributed by atoms with Gasteiger partial charge in [0.05, 0.1) is 10.6 Å². The van der Waals surface area contributed by atoms with Crippen LogP contribution in [-0.4, -0.2) is 23.2 Å². The molecule has 0 aliphatic heterocycles. The van der Waals surface area contributed by atoms with Gasteiger partial charge in [0.1, 0.15) is 5.82 Å². The van der Waals surface area contributed by atoms with E-state index >= 15 is 0 Å². The molecule has 1 aromatic carbocycles. The highest BCUT2D eigenvalue weighted by molar-refractivity contribution is 6.31. The zero-order valence-corrected chi connectivity index (χ0v) is 13.1. The Kier molecular flexibility index (Phi) is 4.59. The number of hydrogen-bond donors (Lipinski definition) is 2. The van der Waals surface area contributed by atoms with Crippen molar-refractivity contribution in [3.63, 3.8) is 0 Å². The van der Waals surface area contributed by atoms with E-state index in [1.807, 2.05) is 0 Å². The monoisotopic (exact) mass is 313 g/mol. The SMILES string of the molecule is CC1(C)CCC(O)(CNC(=O)c2ccc(F)c(Cl)c2)CC1. The molecule has 0 heterocycles. The smallest absolute Gasteiger partial charge is 0.251 e. The number of aliphatic hydroxyl groups is 1. The predicted molar refractivity (Wildman–Crippen MR) is 80.9 cm³/mol. The van der Waals surface area contributed by atoms with E-state index in [4.69, 9.17) is 11.6 Å². The molecule has 21 heavy (non-hydrogen) atoms. The Morgan fingerprint density at radius 3 is 2.52 bits per heavy atom. The van der Waals surface area contributed by atoms with Crippen molar-refractivity contribution in [3.8, 4) is 0 Å². The largest absolute Gasteiger partial charge is 0.388 e. The minimum atomic E-state index is -0.852. The highest BCUT2D eigenvalue weighted by Crippen LogP contribution is 2.39. The van der Waals surface area contributed by atoms with E-state index < -0.39 is 11.4 Å². The molecule has 1 aromatic rings. The molecule has 116 valence electrons. The predicted octanol–water partition coefficient (Wildman–Crippen LogP) is 3.54. The van der Waals surface area contributed by atoms with Crippen molar-refractivity contribution in [3.05, 3.63) is 34.6 Å². The molecule has 0 spiro atoms. The van der Waals surface area contributed by atoms with Crippen LogP contribution in [0.25, 0.3) is 0 Å². The topological polar surface area (TPSA) is 49.3 Å². The van der Waals surface area contributed by atoms with Crippen molar-refractivity contribution in [2.24, 2.45) is 5.41 Å². The summed E-state index contributed by atoms with van der Waals surface area (Å²) in [7, 11) is 0. The van der Waals surface area contributed by atoms with E-state index in [0.29, 0.717) is 18.4 Å². The number of halogens is 2. The van der Waals surface area contributed by atoms with Gasteiger partial charge in [0.2, 0.25) is 0 Å². The first kappa shape index (κ1) is 16.2. The Bertz CT molecular complexity index is 535. The van der Waals surface area contributed by atoms with Gasteiger partial charge in [-0.05, 0) is 49.3 Å². The fraction of sp³-hybridized carbons (Fsp3) is 0.562. The second kappa shape index (κ2) is 5.93. The van der Waals surface area contributed by atoms with Crippen LogP contribution < -0.4 is 5.32 Å². The summed E-state index contributed by atoms with van der Waals surface area (Å²) in [5, 5.41) is 13.1. The second-order valence-electron chi connectivity index (χ2n) is 6.70. The molecule has 0 radical (unpaired) electrons. The van der Waals surface area contributed by atoms with Crippen LogP contribution in [0.15, 0.2) is 18.2 Å². The number of rotatable bonds is 3. The van der Waals surface area contributed by atoms with Crippen molar-refractivity contribution < 1.29 is 14.3 Å². The summed E-state index contributed by atoms with van der Waals surface area (Å²) in [4.78, 5) is 12.0. The lowest BCUT2D eigenvalue weighted by Crippen LogP contribution is -2.46. The van der Waals surface area contributed by atoms with Gasteiger partial charge in [0, 0.05) is 12.1 Å². The molecule has 1 amide bonds. The number of carbonyl (C=O) groups is 1. The van der Waals surface area contributed by atoms with Gasteiger partial charge >= 0.3 is 0 Å². The quantitative estimate of drug-likeness (QED) is 0.896. The molecule has 0 atom stereocenters. The zero-order chi connectivity index (χ0) is 15.7. The summed E-state index contributed by atoms with van der Waals surface area (Å²) in [6.07, 6.45) is 3.21. The normalized spacial score (nSPS) is 20.0. The number of nitrogens with one attached hydrogen (secondary N) is 1. The van der Waals surface area contributed by atoms with Crippen LogP contribution in [0.2, 0.25) is 5.02 Å². The molecule has 0 saturated heterocycles. The van der Waals surface area contributed by atoms with E-state index in [2.05, 4.69) is 19.2 Å². The standard InChI is InChI=1S/C16H21ClFNO2/c1-15(2)5-7-16(21,8-6-15)10-19-14(20)11-3-4-13(18)12(17)9-11/h3-4,9,21H,5-8,10H2,1-2H3,(H,19,20). The van der Waals surface area contributed by atoms with Gasteiger partial charge in [-0.15, -0.1) is 0 Å². The molecule has 0 bridgehead atoms. The summed E-state index contributed by atoms with van der Waals surface area (Å²) in [5.41, 5.74) is -0.309. The third kappa shape index (κ3) is 4.17. The van der Waals surface area contributed by atoms with Gasteiger partial charge in [-0.2, -0.15) is 0 Å². The van der Waals surface area contributed by atoms with Crippen LogP contribution in [-0.2, 0) is 0 Å². The summed E-state index contributed by atoms with van der Waals surface area (Å²) < 4.78 is 13.1. The molecule has 1 saturated carbocycles. The summed E-state index contributed by atoms with van der Waals surface area (Å²) in [6.45, 7) is 4.58. The maximum Gasteiger partial charge on any atom is 0.251 e. The van der Waals surface area contributed by atoms with Crippen LogP contribution in [0, 0.1) is 11.2 Å². The van der Waals surface area contributed by atoms with Gasteiger partial charge in [-0.3, -0.25) is 4.79 Å². The lowest BCUT2D eigenvalue weighted by molar-refractivity contribution is -0.0233. The first-order chi connectivity index (χ1) is 9.71. The highest BCUT2D eigenvalue weighted by Gasteiger charge is 2.36. The van der Waals surface area contributed by atoms with Crippen LogP contribution in [0.5, 0.6) is 0 Å². The molecule has 0 aromatic heterocycles. The van der Waals surface area contributed by atoms with E-state index in [1.165, 1.54) is 12.1 Å². The Morgan fingerprint density at radius 2 is 1.95 bits per heavy atom. The number of carbonyl (C=O) groups excluding carboxylic acids is 1. The number of amides is 1. The molecule has 3 nitrogen and oxygen atoms in total. The Labute approximate surface area is 129 Å². The molecule has 1 fully saturated rings. The van der Waals surface area contributed by atoms with Gasteiger partial charge in [0.25, 0.3) is 5.91 Å². The van der Waals surface area contributed by atoms with Gasteiger partial charge < -0.3 is 10.4 Å². The van der Waals surface area contributed by atoms with Crippen LogP contribution >= 0.6 is 11.6 Å². The van der Waals surface area contributed by atoms with Gasteiger partial charge in [-0.1, -0.05) is 25.4 Å². The van der Waals surface area contributed by atoms with E-state index in [9.17, 15) is 14.3 Å². The minimum absolute atomic E-state index is 0.0826. The molecule has 1 aliphatic carbocycles. The molecule has 5 heteroatoms. The van der Waals surface area contributed by atoms with Gasteiger partial charge in [-0.25, -0.2) is 4.39 Å². The molecule has 1 aliphatic rings. The number of benzene rings is 1. The first-order valence-corrected chi connectivity index (χ1v) is 7.54. The molecular weight excluding hydrogens is 293 g/mol. The Morgan fingerprint density at radius 1 is 1.33 bits per heavy atom. The van der Waals surface area contributed by atoms with Crippen LogP contribution in [0.1, 0.15) is 49.9 Å². The molecule has 2 N–H and O–H groups in total. The summed E-state index contributed by atoms with van der Waals surface area (Å²) in [6, 6.07) is 3.83. The lowest BCUT2D eigenvalue weighted by Gasteiger charge is -2.40. The highest BCUT2D eigenvalue weighted by atomic mass is 35.5. The second-order valence-corrected chi connectivity index (χ2v) is 7.11. The van der Waals surface area contributed by atoms with Crippen molar-refractivity contribution in [2.45, 2.75) is 45.1 Å². The minimum Gasteiger partial charge on any atom is -0.388 e. The van der Waals surface area contributed by atoms with Crippen molar-refractivity contribution >= 4 is 17.5 Å². The van der Waals surface area contributed by atoms with Gasteiger partial charge in [0.15, 0.2) is 0 Å². The molecular formula is C16H21ClFNO2. The number of hydrogen-bond acceptors (Lipinski definition) is 2. The maximum atomic E-state index is 13.1. The third-order valence-corrected chi connectivity index (χ3v) is 4.58. The average molecular weight is 314 g/mol. The first-order valence-electron chi connectivity index (χ1n) is 7.17. The Balaban J connectivity index is 1.93. The van der Waals surface area contributed by atoms with Crippen molar-refractivity contribution in [1.29, 1.82) is 0 Å². The molecule has 2 rings (SSSR count). The van der Waals surface area contributed by atoms with Crippen LogP contribution in [0.3, 0.4) is 0 Å². The van der Waals surface area contributed by atoms with E-state index in [1.54, 1.807) is 0 Å². The van der Waals surface area contributed by atoms with Crippen LogP contribution in [0.4, 0.5) is 4.39 Å².